The second kappa shape index (κ2) is 9.75. The molecule has 0 aromatic carbocycles. The maximum absolute atomic E-state index is 11.9. The van der Waals surface area contributed by atoms with Gasteiger partial charge in [-0.15, -0.1) is 0 Å². The molecular weight excluding hydrogens is 401 g/mol. The summed E-state index contributed by atoms with van der Waals surface area (Å²) in [4.78, 5) is 34.7. The lowest BCUT2D eigenvalue weighted by atomic mass is 10.2. The molecular formula is C13H33N4O6P3. The van der Waals surface area contributed by atoms with E-state index in [-0.39, 0.29) is 31.4 Å². The first kappa shape index (κ1) is 24.4. The molecule has 0 aromatic heterocycles. The quantitative estimate of drug-likeness (QED) is 0.397. The molecule has 0 amide bonds. The summed E-state index contributed by atoms with van der Waals surface area (Å²) in [5.74, 6) is 0. The van der Waals surface area contributed by atoms with Crippen LogP contribution in [0, 0.1) is 0 Å². The maximum atomic E-state index is 11.9. The highest BCUT2D eigenvalue weighted by molar-refractivity contribution is 7.57. The zero-order chi connectivity index (χ0) is 20.2. The summed E-state index contributed by atoms with van der Waals surface area (Å²) in [6, 6.07) is -0.246. The molecule has 156 valence electrons. The Morgan fingerprint density at radius 2 is 1.23 bits per heavy atom. The van der Waals surface area contributed by atoms with Gasteiger partial charge in [-0.05, 0) is 0 Å². The Morgan fingerprint density at radius 3 is 1.69 bits per heavy atom. The van der Waals surface area contributed by atoms with Gasteiger partial charge in [-0.1, -0.05) is 0 Å². The SMILES string of the molecule is CP(=O)(O)CN1CCN(CP(C)(=O)O)CC(CN)N(CP(C)(=O)O)CC1. The fourth-order valence-electron chi connectivity index (χ4n) is 3.11. The van der Waals surface area contributed by atoms with Crippen LogP contribution in [-0.4, -0.2) is 114 Å². The van der Waals surface area contributed by atoms with Crippen LogP contribution in [0.3, 0.4) is 0 Å². The van der Waals surface area contributed by atoms with Crippen LogP contribution in [0.2, 0.25) is 0 Å². The third-order valence-electron chi connectivity index (χ3n) is 4.06. The molecule has 26 heavy (non-hydrogen) atoms. The molecule has 1 rings (SSSR count). The first-order valence-electron chi connectivity index (χ1n) is 8.45. The number of hydrogen-bond donors (Lipinski definition) is 4. The van der Waals surface area contributed by atoms with E-state index in [0.717, 1.165) is 0 Å². The first-order chi connectivity index (χ1) is 11.7. The van der Waals surface area contributed by atoms with Gasteiger partial charge in [0.05, 0.1) is 18.9 Å². The fraction of sp³-hybridized carbons (Fsp3) is 1.00. The van der Waals surface area contributed by atoms with Gasteiger partial charge in [0.1, 0.15) is 0 Å². The van der Waals surface area contributed by atoms with Gasteiger partial charge in [0.25, 0.3) is 0 Å². The molecule has 0 saturated carbocycles. The minimum absolute atomic E-state index is 0.00773. The lowest BCUT2D eigenvalue weighted by Crippen LogP contribution is -2.49. The molecule has 0 radical (unpaired) electrons. The predicted octanol–water partition coefficient (Wildman–Crippen LogP) is -0.194. The van der Waals surface area contributed by atoms with Crippen LogP contribution >= 0.6 is 22.1 Å². The van der Waals surface area contributed by atoms with Crippen LogP contribution in [0.15, 0.2) is 0 Å². The molecule has 4 atom stereocenters. The Hall–Kier alpha value is 0.410. The van der Waals surface area contributed by atoms with Gasteiger partial charge in [-0.3, -0.25) is 28.4 Å². The van der Waals surface area contributed by atoms with E-state index in [9.17, 15) is 28.4 Å². The summed E-state index contributed by atoms with van der Waals surface area (Å²) < 4.78 is 35.6. The van der Waals surface area contributed by atoms with E-state index in [0.29, 0.717) is 32.7 Å². The van der Waals surface area contributed by atoms with Gasteiger partial charge in [0.2, 0.25) is 22.1 Å². The third-order valence-corrected chi connectivity index (χ3v) is 6.80. The van der Waals surface area contributed by atoms with Crippen molar-refractivity contribution in [3.05, 3.63) is 0 Å². The Bertz CT molecular complexity index is 588. The normalized spacial score (nSPS) is 29.0. The lowest BCUT2D eigenvalue weighted by Gasteiger charge is -2.34. The number of nitrogens with two attached hydrogens (primary N) is 1. The molecule has 1 aliphatic rings. The van der Waals surface area contributed by atoms with Crippen molar-refractivity contribution < 1.29 is 28.4 Å². The Balaban J connectivity index is 3.05. The summed E-state index contributed by atoms with van der Waals surface area (Å²) in [6.45, 7) is 6.29. The molecule has 1 heterocycles. The topological polar surface area (TPSA) is 148 Å². The average molecular weight is 434 g/mol. The van der Waals surface area contributed by atoms with Crippen molar-refractivity contribution >= 4 is 22.1 Å². The maximum Gasteiger partial charge on any atom is 0.211 e. The smallest absolute Gasteiger partial charge is 0.211 e. The van der Waals surface area contributed by atoms with Crippen molar-refractivity contribution in [2.45, 2.75) is 6.04 Å². The van der Waals surface area contributed by atoms with Crippen molar-refractivity contribution in [2.75, 3.05) is 78.1 Å². The van der Waals surface area contributed by atoms with Crippen LogP contribution in [0.25, 0.3) is 0 Å². The van der Waals surface area contributed by atoms with E-state index in [2.05, 4.69) is 0 Å². The zero-order valence-corrected chi connectivity index (χ0v) is 18.5. The van der Waals surface area contributed by atoms with Crippen molar-refractivity contribution in [1.82, 2.24) is 14.7 Å². The second-order valence-corrected chi connectivity index (χ2v) is 14.6. The van der Waals surface area contributed by atoms with Gasteiger partial charge < -0.3 is 20.4 Å². The molecule has 0 aliphatic carbocycles. The van der Waals surface area contributed by atoms with E-state index in [1.807, 2.05) is 9.80 Å². The van der Waals surface area contributed by atoms with Crippen LogP contribution in [-0.2, 0) is 13.7 Å². The standard InChI is InChI=1S/C13H33N4O6P3/c1-24(18,19)10-15-4-5-16(11-25(2,20)21)9-13(8-14)17(7-6-15)12-26(3,22)23/h13H,4-12,14H2,1-3H3,(H,18,19)(H,20,21)(H,22,23). The molecule has 4 unspecified atom stereocenters. The van der Waals surface area contributed by atoms with E-state index in [1.54, 1.807) is 4.90 Å². The molecule has 5 N–H and O–H groups in total. The number of hydrogen-bond acceptors (Lipinski definition) is 7. The molecule has 10 nitrogen and oxygen atoms in total. The average Bonchev–Trinajstić information content (AvgIpc) is 2.47. The monoisotopic (exact) mass is 434 g/mol. The minimum atomic E-state index is -3.33. The van der Waals surface area contributed by atoms with E-state index < -0.39 is 22.1 Å². The summed E-state index contributed by atoms with van der Waals surface area (Å²) >= 11 is 0. The predicted molar refractivity (Wildman–Crippen MR) is 105 cm³/mol. The molecule has 0 bridgehead atoms. The zero-order valence-electron chi connectivity index (χ0n) is 15.8. The summed E-state index contributed by atoms with van der Waals surface area (Å²) in [5, 5.41) is 0. The molecule has 0 aromatic rings. The van der Waals surface area contributed by atoms with Crippen molar-refractivity contribution in [1.29, 1.82) is 0 Å². The summed E-state index contributed by atoms with van der Waals surface area (Å²) in [6.07, 6.45) is -0.0484. The lowest BCUT2D eigenvalue weighted by molar-refractivity contribution is 0.176. The molecule has 13 heteroatoms. The Kier molecular flexibility index (Phi) is 9.17. The number of rotatable bonds is 7. The minimum Gasteiger partial charge on any atom is -0.344 e. The number of nitrogens with zero attached hydrogens (tertiary/aromatic N) is 3. The van der Waals surface area contributed by atoms with Crippen molar-refractivity contribution in [3.8, 4) is 0 Å². The van der Waals surface area contributed by atoms with Crippen LogP contribution in [0.1, 0.15) is 0 Å². The molecule has 1 aliphatic heterocycles. The highest BCUT2D eigenvalue weighted by Gasteiger charge is 2.30. The van der Waals surface area contributed by atoms with Gasteiger partial charge in [0.15, 0.2) is 0 Å². The van der Waals surface area contributed by atoms with Crippen molar-refractivity contribution in [2.24, 2.45) is 5.73 Å². The highest BCUT2D eigenvalue weighted by Crippen LogP contribution is 2.39. The largest absolute Gasteiger partial charge is 0.344 e. The van der Waals surface area contributed by atoms with Crippen LogP contribution < -0.4 is 5.73 Å². The van der Waals surface area contributed by atoms with E-state index >= 15 is 0 Å². The van der Waals surface area contributed by atoms with Gasteiger partial charge >= 0.3 is 0 Å². The van der Waals surface area contributed by atoms with E-state index in [1.165, 1.54) is 20.0 Å². The van der Waals surface area contributed by atoms with Crippen LogP contribution in [0.4, 0.5) is 0 Å². The summed E-state index contributed by atoms with van der Waals surface area (Å²) in [7, 11) is -9.90. The van der Waals surface area contributed by atoms with Gasteiger partial charge in [-0.2, -0.15) is 0 Å². The Morgan fingerprint density at radius 1 is 0.808 bits per heavy atom. The van der Waals surface area contributed by atoms with Gasteiger partial charge in [0, 0.05) is 65.3 Å². The third kappa shape index (κ3) is 10.7. The highest BCUT2D eigenvalue weighted by atomic mass is 31.2. The molecule has 1 fully saturated rings. The van der Waals surface area contributed by atoms with E-state index in [4.69, 9.17) is 5.73 Å². The van der Waals surface area contributed by atoms with Crippen LogP contribution in [0.5, 0.6) is 0 Å². The molecule has 1 saturated heterocycles. The Labute approximate surface area is 155 Å². The fourth-order valence-corrected chi connectivity index (χ4v) is 6.18. The first-order valence-corrected chi connectivity index (χ1v) is 15.3. The summed E-state index contributed by atoms with van der Waals surface area (Å²) in [5.41, 5.74) is 5.88. The second-order valence-electron chi connectivity index (χ2n) is 7.47. The van der Waals surface area contributed by atoms with Gasteiger partial charge in [-0.25, -0.2) is 0 Å². The van der Waals surface area contributed by atoms with Crippen molar-refractivity contribution in [3.63, 3.8) is 0 Å². The molecule has 0 spiro atoms.